The van der Waals surface area contributed by atoms with E-state index in [0.717, 1.165) is 12.1 Å². The second-order valence-electron chi connectivity index (χ2n) is 4.11. The summed E-state index contributed by atoms with van der Waals surface area (Å²) in [7, 11) is 1.30. The van der Waals surface area contributed by atoms with E-state index in [1.807, 2.05) is 0 Å². The Morgan fingerprint density at radius 1 is 1.19 bits per heavy atom. The first kappa shape index (κ1) is 16.8. The van der Waals surface area contributed by atoms with E-state index in [0.29, 0.717) is 6.54 Å². The zero-order valence-corrected chi connectivity index (χ0v) is 11.6. The maximum Gasteiger partial charge on any atom is 0.418 e. The van der Waals surface area contributed by atoms with Crippen molar-refractivity contribution in [2.24, 2.45) is 0 Å². The van der Waals surface area contributed by atoms with Gasteiger partial charge >= 0.3 is 6.18 Å². The van der Waals surface area contributed by atoms with Gasteiger partial charge in [0.25, 0.3) is 5.91 Å². The van der Waals surface area contributed by atoms with E-state index in [1.54, 1.807) is 6.92 Å². The monoisotopic (exact) mass is 303 g/mol. The molecule has 0 aromatic heterocycles. The van der Waals surface area contributed by atoms with Crippen molar-refractivity contribution < 1.29 is 22.8 Å². The first-order valence-electron chi connectivity index (χ1n) is 6.24. The summed E-state index contributed by atoms with van der Waals surface area (Å²) in [5.74, 6) is -1.17. The Hall–Kier alpha value is -2.25. The molecule has 2 amide bonds. The SMILES string of the molecule is CCNC(=O)CNC(=O)c1cccc(C(F)(F)F)c1NC. The number of nitrogens with one attached hydrogen (secondary N) is 3. The summed E-state index contributed by atoms with van der Waals surface area (Å²) >= 11 is 0. The van der Waals surface area contributed by atoms with Crippen LogP contribution in [0, 0.1) is 0 Å². The largest absolute Gasteiger partial charge is 0.418 e. The van der Waals surface area contributed by atoms with Crippen LogP contribution in [0.25, 0.3) is 0 Å². The van der Waals surface area contributed by atoms with E-state index in [1.165, 1.54) is 13.1 Å². The Morgan fingerprint density at radius 2 is 1.86 bits per heavy atom. The summed E-state index contributed by atoms with van der Waals surface area (Å²) in [6, 6.07) is 3.28. The highest BCUT2D eigenvalue weighted by Crippen LogP contribution is 2.36. The van der Waals surface area contributed by atoms with Crippen molar-refractivity contribution in [2.45, 2.75) is 13.1 Å². The van der Waals surface area contributed by atoms with Crippen LogP contribution in [0.2, 0.25) is 0 Å². The number of halogens is 3. The number of amides is 2. The van der Waals surface area contributed by atoms with Gasteiger partial charge in [0.05, 0.1) is 23.4 Å². The van der Waals surface area contributed by atoms with E-state index in [4.69, 9.17) is 0 Å². The highest BCUT2D eigenvalue weighted by atomic mass is 19.4. The minimum Gasteiger partial charge on any atom is -0.387 e. The molecule has 0 heterocycles. The molecule has 116 valence electrons. The minimum atomic E-state index is -4.58. The fourth-order valence-electron chi connectivity index (χ4n) is 1.76. The van der Waals surface area contributed by atoms with Gasteiger partial charge in [-0.3, -0.25) is 9.59 Å². The molecule has 5 nitrogen and oxygen atoms in total. The topological polar surface area (TPSA) is 70.2 Å². The van der Waals surface area contributed by atoms with Gasteiger partial charge in [0, 0.05) is 13.6 Å². The Morgan fingerprint density at radius 3 is 2.38 bits per heavy atom. The molecular weight excluding hydrogens is 287 g/mol. The summed E-state index contributed by atoms with van der Waals surface area (Å²) in [5.41, 5.74) is -1.43. The van der Waals surface area contributed by atoms with E-state index >= 15 is 0 Å². The predicted molar refractivity (Wildman–Crippen MR) is 72.0 cm³/mol. The Labute approximate surface area is 119 Å². The highest BCUT2D eigenvalue weighted by Gasteiger charge is 2.34. The van der Waals surface area contributed by atoms with Crippen molar-refractivity contribution >= 4 is 17.5 Å². The molecule has 0 saturated carbocycles. The molecule has 0 unspecified atom stereocenters. The lowest BCUT2D eigenvalue weighted by atomic mass is 10.1. The number of alkyl halides is 3. The average Bonchev–Trinajstić information content (AvgIpc) is 2.43. The predicted octanol–water partition coefficient (Wildman–Crippen LogP) is 1.61. The third-order valence-electron chi connectivity index (χ3n) is 2.65. The molecule has 21 heavy (non-hydrogen) atoms. The molecular formula is C13H16F3N3O2. The van der Waals surface area contributed by atoms with Gasteiger partial charge in [-0.1, -0.05) is 6.07 Å². The van der Waals surface area contributed by atoms with Crippen LogP contribution in [0.15, 0.2) is 18.2 Å². The molecule has 0 spiro atoms. The van der Waals surface area contributed by atoms with Crippen molar-refractivity contribution in [1.29, 1.82) is 0 Å². The maximum atomic E-state index is 12.9. The fraction of sp³-hybridized carbons (Fsp3) is 0.385. The molecule has 1 rings (SSSR count). The second-order valence-corrected chi connectivity index (χ2v) is 4.11. The lowest BCUT2D eigenvalue weighted by Gasteiger charge is -2.16. The van der Waals surface area contributed by atoms with E-state index in [-0.39, 0.29) is 17.8 Å². The van der Waals surface area contributed by atoms with Crippen LogP contribution >= 0.6 is 0 Å². The summed E-state index contributed by atoms with van der Waals surface area (Å²) in [4.78, 5) is 23.2. The molecule has 1 aromatic carbocycles. The minimum absolute atomic E-state index is 0.170. The molecule has 0 aliphatic heterocycles. The standard InChI is InChI=1S/C13H16F3N3O2/c1-3-18-10(20)7-19-12(21)8-5-4-6-9(11(8)17-2)13(14,15)16/h4-6,17H,3,7H2,1-2H3,(H,18,20)(H,19,21). The molecule has 0 saturated heterocycles. The summed E-state index contributed by atoms with van der Waals surface area (Å²) < 4.78 is 38.6. The molecule has 1 aromatic rings. The van der Waals surface area contributed by atoms with Gasteiger partial charge in [-0.2, -0.15) is 13.2 Å². The molecule has 3 N–H and O–H groups in total. The number of para-hydroxylation sites is 1. The third-order valence-corrected chi connectivity index (χ3v) is 2.65. The van der Waals surface area contributed by atoms with Crippen molar-refractivity contribution in [3.63, 3.8) is 0 Å². The fourth-order valence-corrected chi connectivity index (χ4v) is 1.76. The summed E-state index contributed by atoms with van der Waals surface area (Å²) in [6.07, 6.45) is -4.58. The number of benzene rings is 1. The van der Waals surface area contributed by atoms with E-state index < -0.39 is 23.6 Å². The number of hydrogen-bond donors (Lipinski definition) is 3. The molecule has 0 atom stereocenters. The van der Waals surface area contributed by atoms with Crippen molar-refractivity contribution in [2.75, 3.05) is 25.5 Å². The zero-order chi connectivity index (χ0) is 16.0. The lowest BCUT2D eigenvalue weighted by Crippen LogP contribution is -2.37. The van der Waals surface area contributed by atoms with Gasteiger partial charge in [-0.05, 0) is 19.1 Å². The normalized spacial score (nSPS) is 10.9. The number of anilines is 1. The van der Waals surface area contributed by atoms with Crippen LogP contribution in [0.4, 0.5) is 18.9 Å². The van der Waals surface area contributed by atoms with E-state index in [2.05, 4.69) is 16.0 Å². The number of carbonyl (C=O) groups excluding carboxylic acids is 2. The third kappa shape index (κ3) is 4.37. The number of rotatable bonds is 5. The summed E-state index contributed by atoms with van der Waals surface area (Å²) in [6.45, 7) is 1.82. The van der Waals surface area contributed by atoms with Gasteiger partial charge in [0.1, 0.15) is 0 Å². The average molecular weight is 303 g/mol. The Bertz CT molecular complexity index is 530. The summed E-state index contributed by atoms with van der Waals surface area (Å²) in [5, 5.41) is 7.13. The number of likely N-dealkylation sites (N-methyl/N-ethyl adjacent to an activating group) is 1. The molecule has 0 fully saturated rings. The van der Waals surface area contributed by atoms with Crippen molar-refractivity contribution in [1.82, 2.24) is 10.6 Å². The van der Waals surface area contributed by atoms with Gasteiger partial charge in [-0.25, -0.2) is 0 Å². The smallest absolute Gasteiger partial charge is 0.387 e. The molecule has 0 aliphatic carbocycles. The molecule has 0 bridgehead atoms. The Balaban J connectivity index is 2.97. The Kier molecular flexibility index (Phi) is 5.57. The maximum absolute atomic E-state index is 12.9. The zero-order valence-electron chi connectivity index (χ0n) is 11.6. The molecule has 0 radical (unpaired) electrons. The van der Waals surface area contributed by atoms with Crippen LogP contribution in [-0.2, 0) is 11.0 Å². The first-order valence-corrected chi connectivity index (χ1v) is 6.24. The first-order chi connectivity index (χ1) is 9.81. The molecule has 8 heteroatoms. The van der Waals surface area contributed by atoms with Crippen molar-refractivity contribution in [3.8, 4) is 0 Å². The van der Waals surface area contributed by atoms with Gasteiger partial charge in [-0.15, -0.1) is 0 Å². The van der Waals surface area contributed by atoms with Gasteiger partial charge < -0.3 is 16.0 Å². The second kappa shape index (κ2) is 6.96. The number of hydrogen-bond acceptors (Lipinski definition) is 3. The van der Waals surface area contributed by atoms with Crippen LogP contribution in [-0.4, -0.2) is 32.0 Å². The molecule has 0 aliphatic rings. The van der Waals surface area contributed by atoms with Crippen molar-refractivity contribution in [3.05, 3.63) is 29.3 Å². The van der Waals surface area contributed by atoms with Gasteiger partial charge in [0.2, 0.25) is 5.91 Å². The van der Waals surface area contributed by atoms with Crippen LogP contribution in [0.1, 0.15) is 22.8 Å². The van der Waals surface area contributed by atoms with Crippen LogP contribution < -0.4 is 16.0 Å². The van der Waals surface area contributed by atoms with Crippen LogP contribution in [0.3, 0.4) is 0 Å². The van der Waals surface area contributed by atoms with E-state index in [9.17, 15) is 22.8 Å². The van der Waals surface area contributed by atoms with Gasteiger partial charge in [0.15, 0.2) is 0 Å². The van der Waals surface area contributed by atoms with Crippen LogP contribution in [0.5, 0.6) is 0 Å². The lowest BCUT2D eigenvalue weighted by molar-refractivity contribution is -0.137. The number of carbonyl (C=O) groups is 2. The highest BCUT2D eigenvalue weighted by molar-refractivity contribution is 6.01. The quantitative estimate of drug-likeness (QED) is 0.774.